The van der Waals surface area contributed by atoms with Crippen LogP contribution >= 0.6 is 0 Å². The van der Waals surface area contributed by atoms with Crippen LogP contribution in [0.25, 0.3) is 0 Å². The molecule has 0 radical (unpaired) electrons. The Hall–Kier alpha value is -2.62. The standard InChI is InChI=1S/C18H25N3O6S/c1-12(2)15(19-18(24)27-10-13-6-4-3-5-7-13)17(23)21-20-16(22)14-8-9-28(25,26)11-14/h3-7,12,14-15H,8-11H2,1-2H3,(H,19,24)(H,20,22)(H,21,23)/t14-,15+/m1/s1. The first-order valence-electron chi connectivity index (χ1n) is 8.95. The fourth-order valence-corrected chi connectivity index (χ4v) is 4.47. The van der Waals surface area contributed by atoms with Crippen molar-refractivity contribution in [3.05, 3.63) is 35.9 Å². The molecule has 1 heterocycles. The Balaban J connectivity index is 1.82. The van der Waals surface area contributed by atoms with Gasteiger partial charge in [-0.25, -0.2) is 13.2 Å². The Morgan fingerprint density at radius 2 is 1.82 bits per heavy atom. The van der Waals surface area contributed by atoms with Crippen LogP contribution < -0.4 is 16.2 Å². The van der Waals surface area contributed by atoms with Crippen molar-refractivity contribution in [3.63, 3.8) is 0 Å². The number of amides is 3. The molecule has 1 aromatic rings. The van der Waals surface area contributed by atoms with E-state index >= 15 is 0 Å². The maximum atomic E-state index is 12.3. The zero-order chi connectivity index (χ0) is 20.7. The molecule has 10 heteroatoms. The highest BCUT2D eigenvalue weighted by molar-refractivity contribution is 7.91. The van der Waals surface area contributed by atoms with E-state index in [4.69, 9.17) is 4.74 Å². The number of hydrazine groups is 1. The van der Waals surface area contributed by atoms with Gasteiger partial charge in [-0.15, -0.1) is 0 Å². The van der Waals surface area contributed by atoms with Crippen LogP contribution in [-0.4, -0.2) is 43.9 Å². The van der Waals surface area contributed by atoms with Crippen LogP contribution in [0.5, 0.6) is 0 Å². The van der Waals surface area contributed by atoms with E-state index in [1.54, 1.807) is 26.0 Å². The number of nitrogens with one attached hydrogen (secondary N) is 3. The van der Waals surface area contributed by atoms with Crippen LogP contribution in [0.15, 0.2) is 30.3 Å². The van der Waals surface area contributed by atoms with E-state index in [9.17, 15) is 22.8 Å². The number of carbonyl (C=O) groups is 3. The second-order valence-electron chi connectivity index (χ2n) is 7.01. The monoisotopic (exact) mass is 411 g/mol. The normalized spacial score (nSPS) is 18.9. The zero-order valence-electron chi connectivity index (χ0n) is 15.8. The summed E-state index contributed by atoms with van der Waals surface area (Å²) in [6.45, 7) is 3.52. The number of sulfone groups is 1. The van der Waals surface area contributed by atoms with Gasteiger partial charge in [-0.05, 0) is 17.9 Å². The second kappa shape index (κ2) is 9.54. The summed E-state index contributed by atoms with van der Waals surface area (Å²) in [6.07, 6.45) is -0.534. The second-order valence-corrected chi connectivity index (χ2v) is 9.23. The summed E-state index contributed by atoms with van der Waals surface area (Å²) in [5.41, 5.74) is 5.28. The fourth-order valence-electron chi connectivity index (χ4n) is 2.73. The molecule has 0 aromatic heterocycles. The van der Waals surface area contributed by atoms with Gasteiger partial charge in [0.25, 0.3) is 5.91 Å². The van der Waals surface area contributed by atoms with E-state index in [-0.39, 0.29) is 30.5 Å². The molecule has 1 fully saturated rings. The van der Waals surface area contributed by atoms with Crippen molar-refractivity contribution in [2.75, 3.05) is 11.5 Å². The van der Waals surface area contributed by atoms with Gasteiger partial charge in [0.1, 0.15) is 12.6 Å². The van der Waals surface area contributed by atoms with Crippen LogP contribution in [0, 0.1) is 11.8 Å². The van der Waals surface area contributed by atoms with E-state index in [0.29, 0.717) is 0 Å². The minimum atomic E-state index is -3.20. The third-order valence-electron chi connectivity index (χ3n) is 4.35. The van der Waals surface area contributed by atoms with Gasteiger partial charge in [-0.1, -0.05) is 44.2 Å². The molecular formula is C18H25N3O6S. The minimum absolute atomic E-state index is 0.0392. The molecule has 0 spiro atoms. The number of alkyl carbamates (subject to hydrolysis) is 1. The van der Waals surface area contributed by atoms with Crippen molar-refractivity contribution in [2.45, 2.75) is 32.9 Å². The Morgan fingerprint density at radius 1 is 1.14 bits per heavy atom. The highest BCUT2D eigenvalue weighted by Gasteiger charge is 2.33. The van der Waals surface area contributed by atoms with E-state index in [1.165, 1.54) is 0 Å². The van der Waals surface area contributed by atoms with Gasteiger partial charge in [0, 0.05) is 0 Å². The summed E-state index contributed by atoms with van der Waals surface area (Å²) < 4.78 is 28.0. The Labute approximate surface area is 164 Å². The summed E-state index contributed by atoms with van der Waals surface area (Å²) in [5, 5.41) is 2.47. The fraction of sp³-hybridized carbons (Fsp3) is 0.500. The molecule has 9 nitrogen and oxygen atoms in total. The molecule has 154 valence electrons. The molecule has 3 amide bonds. The van der Waals surface area contributed by atoms with Gasteiger partial charge in [-0.2, -0.15) is 0 Å². The first-order valence-corrected chi connectivity index (χ1v) is 10.8. The molecule has 1 saturated heterocycles. The van der Waals surface area contributed by atoms with Crippen LogP contribution in [0.4, 0.5) is 4.79 Å². The summed E-state index contributed by atoms with van der Waals surface area (Å²) in [7, 11) is -3.20. The number of benzene rings is 1. The summed E-state index contributed by atoms with van der Waals surface area (Å²) in [4.78, 5) is 36.3. The van der Waals surface area contributed by atoms with Crippen molar-refractivity contribution < 1.29 is 27.5 Å². The van der Waals surface area contributed by atoms with Crippen LogP contribution in [-0.2, 0) is 30.8 Å². The van der Waals surface area contributed by atoms with Gasteiger partial charge in [0.15, 0.2) is 9.84 Å². The zero-order valence-corrected chi connectivity index (χ0v) is 16.6. The van der Waals surface area contributed by atoms with Crippen molar-refractivity contribution in [2.24, 2.45) is 11.8 Å². The predicted octanol–water partition coefficient (Wildman–Crippen LogP) is 0.520. The highest BCUT2D eigenvalue weighted by atomic mass is 32.2. The third kappa shape index (κ3) is 6.52. The molecule has 1 aliphatic heterocycles. The lowest BCUT2D eigenvalue weighted by Gasteiger charge is -2.22. The Kier molecular flexibility index (Phi) is 7.38. The number of hydrogen-bond donors (Lipinski definition) is 3. The molecule has 0 saturated carbocycles. The highest BCUT2D eigenvalue weighted by Crippen LogP contribution is 2.18. The SMILES string of the molecule is CC(C)[C@H](NC(=O)OCc1ccccc1)C(=O)NNC(=O)[C@@H]1CCS(=O)(=O)C1. The smallest absolute Gasteiger partial charge is 0.408 e. The molecule has 0 aliphatic carbocycles. The van der Waals surface area contributed by atoms with E-state index in [2.05, 4.69) is 16.2 Å². The van der Waals surface area contributed by atoms with E-state index in [0.717, 1.165) is 5.56 Å². The van der Waals surface area contributed by atoms with Gasteiger partial charge in [-0.3, -0.25) is 20.4 Å². The lowest BCUT2D eigenvalue weighted by molar-refractivity contribution is -0.132. The number of hydrogen-bond acceptors (Lipinski definition) is 6. The summed E-state index contributed by atoms with van der Waals surface area (Å²) in [5.74, 6) is -2.42. The Morgan fingerprint density at radius 3 is 2.39 bits per heavy atom. The van der Waals surface area contributed by atoms with Crippen molar-refractivity contribution in [1.29, 1.82) is 0 Å². The summed E-state index contributed by atoms with van der Waals surface area (Å²) >= 11 is 0. The van der Waals surface area contributed by atoms with Crippen molar-refractivity contribution in [3.8, 4) is 0 Å². The van der Waals surface area contributed by atoms with Gasteiger partial charge in [0.05, 0.1) is 17.4 Å². The van der Waals surface area contributed by atoms with Gasteiger partial charge < -0.3 is 10.1 Å². The lowest BCUT2D eigenvalue weighted by Crippen LogP contribution is -2.55. The first-order chi connectivity index (χ1) is 13.2. The first kappa shape index (κ1) is 21.7. The quantitative estimate of drug-likeness (QED) is 0.585. The number of ether oxygens (including phenoxy) is 1. The van der Waals surface area contributed by atoms with Gasteiger partial charge >= 0.3 is 6.09 Å². The third-order valence-corrected chi connectivity index (χ3v) is 6.12. The average molecular weight is 411 g/mol. The molecule has 2 rings (SSSR count). The summed E-state index contributed by atoms with van der Waals surface area (Å²) in [6, 6.07) is 8.16. The number of carbonyl (C=O) groups excluding carboxylic acids is 3. The van der Waals surface area contributed by atoms with E-state index < -0.39 is 39.7 Å². The minimum Gasteiger partial charge on any atom is -0.445 e. The average Bonchev–Trinajstić information content (AvgIpc) is 3.02. The molecule has 0 unspecified atom stereocenters. The molecule has 2 atom stereocenters. The molecule has 28 heavy (non-hydrogen) atoms. The maximum absolute atomic E-state index is 12.3. The van der Waals surface area contributed by atoms with Crippen LogP contribution in [0.2, 0.25) is 0 Å². The van der Waals surface area contributed by atoms with E-state index in [1.807, 2.05) is 18.2 Å². The lowest BCUT2D eigenvalue weighted by atomic mass is 10.0. The van der Waals surface area contributed by atoms with Crippen molar-refractivity contribution in [1.82, 2.24) is 16.2 Å². The molecule has 0 bridgehead atoms. The molecular weight excluding hydrogens is 386 g/mol. The number of rotatable bonds is 6. The van der Waals surface area contributed by atoms with Crippen LogP contribution in [0.1, 0.15) is 25.8 Å². The molecule has 3 N–H and O–H groups in total. The van der Waals surface area contributed by atoms with Crippen molar-refractivity contribution >= 4 is 27.7 Å². The van der Waals surface area contributed by atoms with Crippen LogP contribution in [0.3, 0.4) is 0 Å². The topological polar surface area (TPSA) is 131 Å². The van der Waals surface area contributed by atoms with Gasteiger partial charge in [0.2, 0.25) is 5.91 Å². The largest absolute Gasteiger partial charge is 0.445 e. The predicted molar refractivity (Wildman–Crippen MR) is 101 cm³/mol. The molecule has 1 aliphatic rings. The molecule has 1 aromatic carbocycles. The maximum Gasteiger partial charge on any atom is 0.408 e. The Bertz CT molecular complexity index is 810.